The molecular weight excluding hydrogens is 707 g/mol. The molecule has 0 radical (unpaired) electrons. The molecule has 0 spiro atoms. The van der Waals surface area contributed by atoms with Crippen LogP contribution in [0, 0.1) is 0 Å². The average molecular weight is 806 g/mol. The number of rotatable bonds is 47. The molecule has 0 bridgehead atoms. The van der Waals surface area contributed by atoms with E-state index in [2.05, 4.69) is 19.2 Å². The van der Waals surface area contributed by atoms with Gasteiger partial charge in [0.1, 0.15) is 0 Å². The summed E-state index contributed by atoms with van der Waals surface area (Å²) in [6.07, 6.45) is 53.5. The molecule has 0 aliphatic rings. The molecule has 0 rings (SSSR count). The maximum absolute atomic E-state index is 12.4. The standard InChI is InChI=1S/C51H99NO5/c1-3-5-7-9-11-13-15-19-23-27-31-35-39-43-49(54)48(47-53)52-50(55)44-40-36-32-28-24-21-17-18-22-26-30-34-38-42-46-57-51(56)45-41-37-33-29-25-20-16-14-12-10-8-6-4-2/h39,43,48-49,53-54H,3-38,40-42,44-47H2,1-2H3,(H,52,55)/b43-39+. The highest BCUT2D eigenvalue weighted by Gasteiger charge is 2.18. The number of hydrogen-bond donors (Lipinski definition) is 3. The van der Waals surface area contributed by atoms with E-state index in [1.165, 1.54) is 193 Å². The second kappa shape index (κ2) is 47.3. The third-order valence-electron chi connectivity index (χ3n) is 11.8. The molecule has 0 fully saturated rings. The number of nitrogens with one attached hydrogen (secondary N) is 1. The topological polar surface area (TPSA) is 95.9 Å². The highest BCUT2D eigenvalue weighted by molar-refractivity contribution is 5.76. The van der Waals surface area contributed by atoms with Crippen LogP contribution in [0.4, 0.5) is 0 Å². The Hall–Kier alpha value is -1.40. The molecule has 2 unspecified atom stereocenters. The van der Waals surface area contributed by atoms with Crippen LogP contribution in [0.3, 0.4) is 0 Å². The molecule has 0 heterocycles. The van der Waals surface area contributed by atoms with Gasteiger partial charge < -0.3 is 20.3 Å². The summed E-state index contributed by atoms with van der Waals surface area (Å²) >= 11 is 0. The predicted molar refractivity (Wildman–Crippen MR) is 246 cm³/mol. The summed E-state index contributed by atoms with van der Waals surface area (Å²) in [6, 6.07) is -0.633. The van der Waals surface area contributed by atoms with Gasteiger partial charge in [0, 0.05) is 12.8 Å². The minimum absolute atomic E-state index is 0.00197. The van der Waals surface area contributed by atoms with Crippen molar-refractivity contribution in [1.82, 2.24) is 5.32 Å². The Kier molecular flexibility index (Phi) is 46.1. The molecule has 1 amide bonds. The van der Waals surface area contributed by atoms with Crippen LogP contribution in [0.5, 0.6) is 0 Å². The van der Waals surface area contributed by atoms with E-state index in [4.69, 9.17) is 4.74 Å². The van der Waals surface area contributed by atoms with Gasteiger partial charge in [0.05, 0.1) is 25.4 Å². The predicted octanol–water partition coefficient (Wildman–Crippen LogP) is 15.0. The Labute approximate surface area is 355 Å². The van der Waals surface area contributed by atoms with Crippen LogP contribution in [-0.2, 0) is 14.3 Å². The summed E-state index contributed by atoms with van der Waals surface area (Å²) < 4.78 is 5.46. The van der Waals surface area contributed by atoms with Crippen LogP contribution in [0.25, 0.3) is 0 Å². The van der Waals surface area contributed by atoms with Gasteiger partial charge in [0.15, 0.2) is 0 Å². The van der Waals surface area contributed by atoms with Gasteiger partial charge in [-0.05, 0) is 32.1 Å². The van der Waals surface area contributed by atoms with Gasteiger partial charge in [-0.3, -0.25) is 9.59 Å². The summed E-state index contributed by atoms with van der Waals surface area (Å²) in [7, 11) is 0. The molecule has 3 N–H and O–H groups in total. The molecule has 2 atom stereocenters. The number of unbranched alkanes of at least 4 members (excludes halogenated alkanes) is 36. The van der Waals surface area contributed by atoms with Crippen LogP contribution < -0.4 is 5.32 Å². The third-order valence-corrected chi connectivity index (χ3v) is 11.8. The molecule has 6 nitrogen and oxygen atoms in total. The van der Waals surface area contributed by atoms with Crippen molar-refractivity contribution in [1.29, 1.82) is 0 Å². The molecule has 0 aromatic rings. The first kappa shape index (κ1) is 55.6. The Morgan fingerprint density at radius 3 is 1.19 bits per heavy atom. The van der Waals surface area contributed by atoms with E-state index in [0.717, 1.165) is 57.8 Å². The first-order valence-electron chi connectivity index (χ1n) is 25.5. The number of carbonyl (C=O) groups is 2. The molecular formula is C51H99NO5. The summed E-state index contributed by atoms with van der Waals surface area (Å²) in [4.78, 5) is 24.4. The molecule has 0 aromatic carbocycles. The lowest BCUT2D eigenvalue weighted by molar-refractivity contribution is -0.143. The van der Waals surface area contributed by atoms with Gasteiger partial charge in [0.2, 0.25) is 5.91 Å². The zero-order chi connectivity index (χ0) is 41.5. The molecule has 0 saturated carbocycles. The van der Waals surface area contributed by atoms with Gasteiger partial charge in [0.25, 0.3) is 0 Å². The number of hydrogen-bond acceptors (Lipinski definition) is 5. The van der Waals surface area contributed by atoms with Crippen LogP contribution in [0.2, 0.25) is 0 Å². The summed E-state index contributed by atoms with van der Waals surface area (Å²) in [5.41, 5.74) is 0. The van der Waals surface area contributed by atoms with Gasteiger partial charge in [-0.15, -0.1) is 0 Å². The minimum atomic E-state index is -0.849. The van der Waals surface area contributed by atoms with E-state index in [1.54, 1.807) is 6.08 Å². The van der Waals surface area contributed by atoms with Gasteiger partial charge in [-0.2, -0.15) is 0 Å². The average Bonchev–Trinajstić information content (AvgIpc) is 3.21. The lowest BCUT2D eigenvalue weighted by Gasteiger charge is -2.20. The number of allylic oxidation sites excluding steroid dienone is 1. The van der Waals surface area contributed by atoms with E-state index in [-0.39, 0.29) is 18.5 Å². The van der Waals surface area contributed by atoms with E-state index in [9.17, 15) is 19.8 Å². The SMILES string of the molecule is CCCCCCCCCCCCC/C=C/C(O)C(CO)NC(=O)CCCCCCCCCCCCCCCCOC(=O)CCCCCCCCCCCCCCC. The Bertz CT molecular complexity index is 847. The molecule has 57 heavy (non-hydrogen) atoms. The van der Waals surface area contributed by atoms with Crippen LogP contribution >= 0.6 is 0 Å². The number of esters is 1. The summed E-state index contributed by atoms with van der Waals surface area (Å²) in [5, 5.41) is 23.0. The zero-order valence-electron chi connectivity index (χ0n) is 38.3. The second-order valence-corrected chi connectivity index (χ2v) is 17.5. The van der Waals surface area contributed by atoms with E-state index in [1.807, 2.05) is 6.08 Å². The zero-order valence-corrected chi connectivity index (χ0v) is 38.3. The van der Waals surface area contributed by atoms with Crippen LogP contribution in [0.1, 0.15) is 277 Å². The highest BCUT2D eigenvalue weighted by atomic mass is 16.5. The summed E-state index contributed by atoms with van der Waals surface area (Å²) in [6.45, 7) is 4.88. The number of carbonyl (C=O) groups excluding carboxylic acids is 2. The molecule has 0 aromatic heterocycles. The number of amides is 1. The van der Waals surface area contributed by atoms with E-state index in [0.29, 0.717) is 19.4 Å². The lowest BCUT2D eigenvalue weighted by atomic mass is 10.0. The van der Waals surface area contributed by atoms with Gasteiger partial charge >= 0.3 is 5.97 Å². The Balaban J connectivity index is 3.46. The second-order valence-electron chi connectivity index (χ2n) is 17.5. The van der Waals surface area contributed by atoms with E-state index >= 15 is 0 Å². The van der Waals surface area contributed by atoms with Gasteiger partial charge in [-0.25, -0.2) is 0 Å². The smallest absolute Gasteiger partial charge is 0.305 e. The molecule has 6 heteroatoms. The monoisotopic (exact) mass is 806 g/mol. The number of ether oxygens (including phenoxy) is 1. The largest absolute Gasteiger partial charge is 0.466 e. The fourth-order valence-electron chi connectivity index (χ4n) is 7.87. The Morgan fingerprint density at radius 1 is 0.474 bits per heavy atom. The number of aliphatic hydroxyl groups is 2. The Morgan fingerprint density at radius 2 is 0.807 bits per heavy atom. The summed E-state index contributed by atoms with van der Waals surface area (Å²) in [5.74, 6) is -0.0800. The van der Waals surface area contributed by atoms with Crippen molar-refractivity contribution in [2.24, 2.45) is 0 Å². The minimum Gasteiger partial charge on any atom is -0.466 e. The van der Waals surface area contributed by atoms with Crippen LogP contribution in [0.15, 0.2) is 12.2 Å². The maximum Gasteiger partial charge on any atom is 0.305 e. The third kappa shape index (κ3) is 44.0. The lowest BCUT2D eigenvalue weighted by Crippen LogP contribution is -2.45. The first-order chi connectivity index (χ1) is 28.0. The molecule has 0 aliphatic heterocycles. The first-order valence-corrected chi connectivity index (χ1v) is 25.5. The quantitative estimate of drug-likeness (QED) is 0.0323. The van der Waals surface area contributed by atoms with Crippen molar-refractivity contribution in [2.75, 3.05) is 13.2 Å². The van der Waals surface area contributed by atoms with Crippen molar-refractivity contribution in [3.63, 3.8) is 0 Å². The molecule has 0 saturated heterocycles. The maximum atomic E-state index is 12.4. The van der Waals surface area contributed by atoms with Crippen molar-refractivity contribution in [3.8, 4) is 0 Å². The van der Waals surface area contributed by atoms with Crippen LogP contribution in [-0.4, -0.2) is 47.4 Å². The van der Waals surface area contributed by atoms with Crippen molar-refractivity contribution in [2.45, 2.75) is 289 Å². The van der Waals surface area contributed by atoms with Crippen molar-refractivity contribution < 1.29 is 24.5 Å². The normalized spacial score (nSPS) is 12.7. The molecule has 0 aliphatic carbocycles. The van der Waals surface area contributed by atoms with Crippen molar-refractivity contribution >= 4 is 11.9 Å². The number of aliphatic hydroxyl groups excluding tert-OH is 2. The fourth-order valence-corrected chi connectivity index (χ4v) is 7.87. The van der Waals surface area contributed by atoms with Gasteiger partial charge in [-0.1, -0.05) is 244 Å². The molecule has 338 valence electrons. The van der Waals surface area contributed by atoms with E-state index < -0.39 is 12.1 Å². The highest BCUT2D eigenvalue weighted by Crippen LogP contribution is 2.16. The fraction of sp³-hybridized carbons (Fsp3) is 0.922. The van der Waals surface area contributed by atoms with Crippen molar-refractivity contribution in [3.05, 3.63) is 12.2 Å².